The number of alkyl halides is 3. The monoisotopic (exact) mass is 483 g/mol. The lowest BCUT2D eigenvalue weighted by atomic mass is 10.1. The molecule has 1 fully saturated rings. The van der Waals surface area contributed by atoms with Gasteiger partial charge < -0.3 is 19.6 Å². The normalized spacial score (nSPS) is 17.3. The summed E-state index contributed by atoms with van der Waals surface area (Å²) in [4.78, 5) is 5.94. The fourth-order valence-corrected chi connectivity index (χ4v) is 3.67. The Labute approximate surface area is 195 Å². The van der Waals surface area contributed by atoms with Crippen molar-refractivity contribution in [3.8, 4) is 0 Å². The van der Waals surface area contributed by atoms with Crippen LogP contribution in [0.2, 0.25) is 0 Å². The lowest BCUT2D eigenvalue weighted by molar-refractivity contribution is -0.196. The second kappa shape index (κ2) is 11.1. The van der Waals surface area contributed by atoms with E-state index in [1.807, 2.05) is 4.90 Å². The molecule has 11 heteroatoms. The number of anilines is 1. The molecule has 0 aliphatic carbocycles. The van der Waals surface area contributed by atoms with Crippen molar-refractivity contribution >= 4 is 11.6 Å². The van der Waals surface area contributed by atoms with Crippen molar-refractivity contribution in [2.24, 2.45) is 5.73 Å². The summed E-state index contributed by atoms with van der Waals surface area (Å²) >= 11 is 0. The zero-order chi connectivity index (χ0) is 24.9. The molecule has 0 aromatic heterocycles. The summed E-state index contributed by atoms with van der Waals surface area (Å²) in [6.45, 7) is 6.24. The lowest BCUT2D eigenvalue weighted by Crippen LogP contribution is -2.56. The van der Waals surface area contributed by atoms with E-state index >= 15 is 0 Å². The molecule has 4 N–H and O–H groups in total. The van der Waals surface area contributed by atoms with E-state index in [9.17, 15) is 22.7 Å². The molecule has 1 heterocycles. The van der Waals surface area contributed by atoms with E-state index in [-0.39, 0.29) is 12.1 Å². The summed E-state index contributed by atoms with van der Waals surface area (Å²) in [7, 11) is 0. The first-order valence-electron chi connectivity index (χ1n) is 10.9. The van der Waals surface area contributed by atoms with Crippen LogP contribution in [-0.4, -0.2) is 72.3 Å². The van der Waals surface area contributed by atoms with E-state index in [4.69, 9.17) is 11.1 Å². The predicted molar refractivity (Wildman–Crippen MR) is 121 cm³/mol. The molecular weight excluding hydrogens is 454 g/mol. The number of halogens is 4. The molecule has 0 bridgehead atoms. The van der Waals surface area contributed by atoms with Crippen LogP contribution in [0.5, 0.6) is 0 Å². The number of aliphatic hydroxyl groups excluding tert-OH is 1. The first-order chi connectivity index (χ1) is 16.1. The largest absolute Gasteiger partial charge is 0.449 e. The molecule has 2 aromatic carbocycles. The highest BCUT2D eigenvalue weighted by molar-refractivity contribution is 5.91. The van der Waals surface area contributed by atoms with Gasteiger partial charge in [0.2, 0.25) is 12.1 Å². The number of nitrogens with one attached hydrogen (secondary N) is 1. The zero-order valence-electron chi connectivity index (χ0n) is 18.8. The van der Waals surface area contributed by atoms with Crippen LogP contribution < -0.4 is 10.6 Å². The molecule has 2 atom stereocenters. The van der Waals surface area contributed by atoms with Crippen molar-refractivity contribution in [1.29, 1.82) is 5.41 Å². The highest BCUT2D eigenvalue weighted by Crippen LogP contribution is 2.24. The van der Waals surface area contributed by atoms with E-state index in [1.54, 1.807) is 29.2 Å². The van der Waals surface area contributed by atoms with Gasteiger partial charge in [-0.2, -0.15) is 13.2 Å². The van der Waals surface area contributed by atoms with E-state index < -0.39 is 30.5 Å². The molecule has 34 heavy (non-hydrogen) atoms. The standard InChI is InChI=1S/C23H29F4N5O2/c1-2-30-11-13-31(14-12-30)22(33)32(19-9-7-18(24)8-10-19)15-16-3-5-17(6-4-16)20(28)34-21(29)23(25,26)27/h3-10,21-22,28,33H,2,11-15,29H2,1H3. The minimum absolute atomic E-state index is 0.132. The Morgan fingerprint density at radius 3 is 2.21 bits per heavy atom. The number of rotatable bonds is 8. The van der Waals surface area contributed by atoms with Crippen molar-refractivity contribution in [2.45, 2.75) is 32.2 Å². The van der Waals surface area contributed by atoms with Crippen molar-refractivity contribution in [3.63, 3.8) is 0 Å². The average molecular weight is 484 g/mol. The van der Waals surface area contributed by atoms with E-state index in [0.717, 1.165) is 25.2 Å². The predicted octanol–water partition coefficient (Wildman–Crippen LogP) is 2.93. The maximum Gasteiger partial charge on any atom is 0.439 e. The summed E-state index contributed by atoms with van der Waals surface area (Å²) in [6, 6.07) is 12.0. The van der Waals surface area contributed by atoms with Gasteiger partial charge in [-0.3, -0.25) is 16.0 Å². The van der Waals surface area contributed by atoms with Crippen LogP contribution in [0.1, 0.15) is 18.1 Å². The van der Waals surface area contributed by atoms with Gasteiger partial charge in [-0.15, -0.1) is 0 Å². The Morgan fingerprint density at radius 1 is 1.09 bits per heavy atom. The summed E-state index contributed by atoms with van der Waals surface area (Å²) in [5.74, 6) is -1.09. The fraction of sp³-hybridized carbons (Fsp3) is 0.435. The summed E-state index contributed by atoms with van der Waals surface area (Å²) in [5, 5.41) is 18.9. The molecule has 0 amide bonds. The van der Waals surface area contributed by atoms with Crippen LogP contribution in [0.15, 0.2) is 48.5 Å². The SMILES string of the molecule is CCN1CCN(C(O)N(Cc2ccc(C(=N)OC(N)C(F)(F)F)cc2)c2ccc(F)cc2)CC1. The van der Waals surface area contributed by atoms with Crippen LogP contribution in [0.4, 0.5) is 23.2 Å². The number of piperazine rings is 1. The van der Waals surface area contributed by atoms with Gasteiger partial charge >= 0.3 is 6.18 Å². The molecule has 1 aliphatic rings. The Morgan fingerprint density at radius 2 is 1.68 bits per heavy atom. The number of aliphatic hydroxyl groups is 1. The molecule has 2 aromatic rings. The number of nitrogens with zero attached hydrogens (tertiary/aromatic N) is 3. The number of ether oxygens (including phenoxy) is 1. The van der Waals surface area contributed by atoms with E-state index in [0.29, 0.717) is 18.8 Å². The first kappa shape index (κ1) is 25.9. The Balaban J connectivity index is 1.74. The molecule has 7 nitrogen and oxygen atoms in total. The minimum Gasteiger partial charge on any atom is -0.449 e. The first-order valence-corrected chi connectivity index (χ1v) is 10.9. The van der Waals surface area contributed by atoms with Crippen molar-refractivity contribution in [2.75, 3.05) is 37.6 Å². The van der Waals surface area contributed by atoms with Gasteiger partial charge in [0.25, 0.3) is 0 Å². The van der Waals surface area contributed by atoms with E-state index in [2.05, 4.69) is 16.6 Å². The third kappa shape index (κ3) is 6.66. The molecule has 3 rings (SSSR count). The van der Waals surface area contributed by atoms with Gasteiger partial charge in [0, 0.05) is 44.0 Å². The van der Waals surface area contributed by atoms with Gasteiger partial charge in [0.05, 0.1) is 0 Å². The number of benzene rings is 2. The highest BCUT2D eigenvalue weighted by Gasteiger charge is 2.39. The lowest BCUT2D eigenvalue weighted by Gasteiger charge is -2.41. The van der Waals surface area contributed by atoms with Crippen molar-refractivity contribution in [1.82, 2.24) is 9.80 Å². The van der Waals surface area contributed by atoms with Crippen molar-refractivity contribution < 1.29 is 27.4 Å². The summed E-state index contributed by atoms with van der Waals surface area (Å²) in [5.41, 5.74) is 6.40. The van der Waals surface area contributed by atoms with Gasteiger partial charge in [0.1, 0.15) is 5.82 Å². The molecule has 1 aliphatic heterocycles. The number of hydrogen-bond donors (Lipinski definition) is 3. The van der Waals surface area contributed by atoms with Gasteiger partial charge in [-0.05, 0) is 48.5 Å². The van der Waals surface area contributed by atoms with Gasteiger partial charge in [-0.25, -0.2) is 4.39 Å². The molecule has 0 spiro atoms. The average Bonchev–Trinajstić information content (AvgIpc) is 2.82. The number of nitrogens with two attached hydrogens (primary N) is 1. The highest BCUT2D eigenvalue weighted by atomic mass is 19.4. The Kier molecular flexibility index (Phi) is 8.47. The molecule has 0 radical (unpaired) electrons. The molecule has 186 valence electrons. The maximum absolute atomic E-state index is 13.5. The Hall–Kier alpha value is -2.73. The van der Waals surface area contributed by atoms with Crippen LogP contribution in [0.3, 0.4) is 0 Å². The summed E-state index contributed by atoms with van der Waals surface area (Å²) in [6.07, 6.45) is -8.33. The topological polar surface area (TPSA) is 89.0 Å². The third-order valence-corrected chi connectivity index (χ3v) is 5.75. The molecule has 1 saturated heterocycles. The fourth-order valence-electron chi connectivity index (χ4n) is 3.67. The van der Waals surface area contributed by atoms with Crippen LogP contribution in [-0.2, 0) is 11.3 Å². The van der Waals surface area contributed by atoms with Crippen LogP contribution >= 0.6 is 0 Å². The zero-order valence-corrected chi connectivity index (χ0v) is 18.8. The quantitative estimate of drug-likeness (QED) is 0.232. The maximum atomic E-state index is 13.5. The number of likely N-dealkylation sites (N-methyl/N-ethyl adjacent to an activating group) is 1. The second-order valence-electron chi connectivity index (χ2n) is 8.03. The smallest absolute Gasteiger partial charge is 0.439 e. The van der Waals surface area contributed by atoms with Gasteiger partial charge in [0.15, 0.2) is 6.35 Å². The van der Waals surface area contributed by atoms with Crippen LogP contribution in [0.25, 0.3) is 0 Å². The molecular formula is C23H29F4N5O2. The third-order valence-electron chi connectivity index (χ3n) is 5.75. The minimum atomic E-state index is -4.78. The Bertz CT molecular complexity index is 932. The van der Waals surface area contributed by atoms with Crippen molar-refractivity contribution in [3.05, 3.63) is 65.5 Å². The molecule has 0 saturated carbocycles. The molecule has 2 unspecified atom stereocenters. The van der Waals surface area contributed by atoms with Crippen LogP contribution in [0, 0.1) is 11.2 Å². The van der Waals surface area contributed by atoms with Gasteiger partial charge in [-0.1, -0.05) is 19.1 Å². The number of hydrogen-bond acceptors (Lipinski definition) is 7. The second-order valence-corrected chi connectivity index (χ2v) is 8.03. The summed E-state index contributed by atoms with van der Waals surface area (Å²) < 4.78 is 55.7. The van der Waals surface area contributed by atoms with E-state index in [1.165, 1.54) is 24.3 Å².